The Balaban J connectivity index is 1.71. The minimum Gasteiger partial charge on any atom is -0.496 e. The number of ether oxygens (including phenoxy) is 3. The van der Waals surface area contributed by atoms with E-state index in [0.29, 0.717) is 17.1 Å². The van der Waals surface area contributed by atoms with Gasteiger partial charge in [0.25, 0.3) is 0 Å². The second-order valence-corrected chi connectivity index (χ2v) is 8.19. The summed E-state index contributed by atoms with van der Waals surface area (Å²) in [5.41, 5.74) is 3.27. The zero-order valence-corrected chi connectivity index (χ0v) is 17.9. The molecule has 1 unspecified atom stereocenters. The van der Waals surface area contributed by atoms with Crippen LogP contribution in [-0.2, 0) is 16.8 Å². The topological polar surface area (TPSA) is 44.8 Å². The van der Waals surface area contributed by atoms with E-state index in [1.54, 1.807) is 7.11 Å². The fourth-order valence-corrected chi connectivity index (χ4v) is 4.82. The monoisotopic (exact) mass is 414 g/mol. The van der Waals surface area contributed by atoms with Gasteiger partial charge >= 0.3 is 5.97 Å². The maximum absolute atomic E-state index is 12.9. The highest BCUT2D eigenvalue weighted by molar-refractivity contribution is 5.97. The van der Waals surface area contributed by atoms with Gasteiger partial charge < -0.3 is 14.2 Å². The first-order valence-electron chi connectivity index (χ1n) is 11.0. The van der Waals surface area contributed by atoms with Crippen LogP contribution in [0.1, 0.15) is 65.2 Å². The zero-order valence-electron chi connectivity index (χ0n) is 17.9. The molecule has 31 heavy (non-hydrogen) atoms. The molecule has 5 rings (SSSR count). The molecule has 3 aromatic carbocycles. The van der Waals surface area contributed by atoms with Crippen LogP contribution in [0.2, 0.25) is 0 Å². The molecule has 2 heterocycles. The highest BCUT2D eigenvalue weighted by Gasteiger charge is 2.53. The highest BCUT2D eigenvalue weighted by atomic mass is 16.6. The second kappa shape index (κ2) is 7.77. The van der Waals surface area contributed by atoms with Crippen LogP contribution in [0.4, 0.5) is 0 Å². The van der Waals surface area contributed by atoms with E-state index < -0.39 is 5.60 Å². The molecule has 0 amide bonds. The summed E-state index contributed by atoms with van der Waals surface area (Å²) in [6.07, 6.45) is 5.59. The first-order valence-corrected chi connectivity index (χ1v) is 11.0. The number of fused-ring (bicyclic) bond motifs is 6. The molecule has 158 valence electrons. The minimum absolute atomic E-state index is 0.307. The van der Waals surface area contributed by atoms with Crippen LogP contribution in [0.3, 0.4) is 0 Å². The summed E-state index contributed by atoms with van der Waals surface area (Å²) in [4.78, 5) is 12.9. The van der Waals surface area contributed by atoms with Gasteiger partial charge in [0, 0.05) is 22.8 Å². The second-order valence-electron chi connectivity index (χ2n) is 8.19. The largest absolute Gasteiger partial charge is 0.496 e. The predicted molar refractivity (Wildman–Crippen MR) is 119 cm³/mol. The van der Waals surface area contributed by atoms with Crippen molar-refractivity contribution in [3.05, 3.63) is 88.5 Å². The Hall–Kier alpha value is -3.27. The van der Waals surface area contributed by atoms with E-state index >= 15 is 0 Å². The summed E-state index contributed by atoms with van der Waals surface area (Å²) < 4.78 is 18.2. The average molecular weight is 415 g/mol. The Morgan fingerprint density at radius 3 is 2.45 bits per heavy atom. The Kier molecular flexibility index (Phi) is 4.93. The van der Waals surface area contributed by atoms with E-state index in [4.69, 9.17) is 14.2 Å². The number of rotatable bonds is 6. The van der Waals surface area contributed by atoms with Crippen molar-refractivity contribution in [2.24, 2.45) is 0 Å². The maximum Gasteiger partial charge on any atom is 0.340 e. The quantitative estimate of drug-likeness (QED) is 0.346. The van der Waals surface area contributed by atoms with Gasteiger partial charge in [-0.2, -0.15) is 0 Å². The van der Waals surface area contributed by atoms with Crippen molar-refractivity contribution in [1.29, 1.82) is 0 Å². The zero-order chi connectivity index (χ0) is 21.4. The highest BCUT2D eigenvalue weighted by Crippen LogP contribution is 2.56. The smallest absolute Gasteiger partial charge is 0.340 e. The third-order valence-electron chi connectivity index (χ3n) is 6.32. The van der Waals surface area contributed by atoms with Gasteiger partial charge in [-0.25, -0.2) is 4.79 Å². The van der Waals surface area contributed by atoms with E-state index in [2.05, 4.69) is 13.0 Å². The molecule has 0 radical (unpaired) electrons. The van der Waals surface area contributed by atoms with Crippen molar-refractivity contribution in [3.8, 4) is 17.2 Å². The standard InChI is InChI=1S/C27H26O4/c1-3-4-5-6-11-18-16-22-25(17-24(18)29-2)30-23-15-10-9-14-21(23)27(22)20-13-8-7-12-19(20)26(28)31-27/h7-10,12-17H,3-6,11H2,1-2H3. The van der Waals surface area contributed by atoms with Crippen molar-refractivity contribution in [1.82, 2.24) is 0 Å². The van der Waals surface area contributed by atoms with Gasteiger partial charge in [0.2, 0.25) is 0 Å². The number of benzene rings is 3. The van der Waals surface area contributed by atoms with Crippen LogP contribution in [0, 0.1) is 0 Å². The van der Waals surface area contributed by atoms with Crippen LogP contribution in [0.5, 0.6) is 17.2 Å². The first kappa shape index (κ1) is 19.7. The number of methoxy groups -OCH3 is 1. The van der Waals surface area contributed by atoms with Crippen LogP contribution < -0.4 is 9.47 Å². The van der Waals surface area contributed by atoms with E-state index in [1.165, 1.54) is 19.3 Å². The number of carbonyl (C=O) groups is 1. The molecule has 1 atom stereocenters. The van der Waals surface area contributed by atoms with E-state index in [0.717, 1.165) is 40.8 Å². The molecule has 0 N–H and O–H groups in total. The number of hydrogen-bond donors (Lipinski definition) is 0. The molecule has 0 aliphatic carbocycles. The lowest BCUT2D eigenvalue weighted by Gasteiger charge is -2.37. The summed E-state index contributed by atoms with van der Waals surface area (Å²) in [7, 11) is 1.69. The van der Waals surface area contributed by atoms with Crippen molar-refractivity contribution >= 4 is 5.97 Å². The molecule has 0 saturated carbocycles. The molecule has 1 spiro atoms. The molecule has 4 nitrogen and oxygen atoms in total. The molecule has 0 fully saturated rings. The third-order valence-corrected chi connectivity index (χ3v) is 6.32. The fourth-order valence-electron chi connectivity index (χ4n) is 4.82. The normalized spacial score (nSPS) is 18.1. The van der Waals surface area contributed by atoms with Gasteiger partial charge in [-0.15, -0.1) is 0 Å². The van der Waals surface area contributed by atoms with Gasteiger partial charge in [-0.05, 0) is 36.6 Å². The Labute approximate surface area is 182 Å². The first-order chi connectivity index (χ1) is 15.2. The molecule has 4 heteroatoms. The number of para-hydroxylation sites is 1. The number of carbonyl (C=O) groups excluding carboxylic acids is 1. The summed E-state index contributed by atoms with van der Waals surface area (Å²) in [6, 6.07) is 19.5. The van der Waals surface area contributed by atoms with Crippen molar-refractivity contribution in [3.63, 3.8) is 0 Å². The summed E-state index contributed by atoms with van der Waals surface area (Å²) >= 11 is 0. The van der Waals surface area contributed by atoms with Crippen LogP contribution >= 0.6 is 0 Å². The molecule has 2 aliphatic heterocycles. The molecule has 0 bridgehead atoms. The van der Waals surface area contributed by atoms with Crippen LogP contribution in [0.15, 0.2) is 60.7 Å². The molecular formula is C27H26O4. The van der Waals surface area contributed by atoms with Gasteiger partial charge in [-0.1, -0.05) is 62.6 Å². The number of aryl methyl sites for hydroxylation is 1. The van der Waals surface area contributed by atoms with Gasteiger partial charge in [-0.3, -0.25) is 0 Å². The number of esters is 1. The third kappa shape index (κ3) is 3.01. The molecule has 3 aromatic rings. The average Bonchev–Trinajstić information content (AvgIpc) is 3.10. The molecule has 2 aliphatic rings. The van der Waals surface area contributed by atoms with Crippen molar-refractivity contribution in [2.75, 3.05) is 7.11 Å². The lowest BCUT2D eigenvalue weighted by atomic mass is 9.77. The Morgan fingerprint density at radius 2 is 1.65 bits per heavy atom. The lowest BCUT2D eigenvalue weighted by molar-refractivity contribution is 0.0224. The van der Waals surface area contributed by atoms with Crippen molar-refractivity contribution in [2.45, 2.75) is 44.6 Å². The van der Waals surface area contributed by atoms with E-state index in [1.807, 2.05) is 54.6 Å². The van der Waals surface area contributed by atoms with Crippen LogP contribution in [-0.4, -0.2) is 13.1 Å². The van der Waals surface area contributed by atoms with Gasteiger partial charge in [0.05, 0.1) is 12.7 Å². The minimum atomic E-state index is -1.01. The van der Waals surface area contributed by atoms with E-state index in [-0.39, 0.29) is 5.97 Å². The number of hydrogen-bond acceptors (Lipinski definition) is 4. The SMILES string of the molecule is CCCCCCc1cc2c(cc1OC)Oc1ccccc1C21OC(=O)c2ccccc21. The summed E-state index contributed by atoms with van der Waals surface area (Å²) in [5.74, 6) is 1.86. The fraction of sp³-hybridized carbons (Fsp3) is 0.296. The van der Waals surface area contributed by atoms with Gasteiger partial charge in [0.1, 0.15) is 17.2 Å². The van der Waals surface area contributed by atoms with Crippen molar-refractivity contribution < 1.29 is 19.0 Å². The Morgan fingerprint density at radius 1 is 0.871 bits per heavy atom. The maximum atomic E-state index is 12.9. The predicted octanol–water partition coefficient (Wildman–Crippen LogP) is 6.39. The lowest BCUT2D eigenvalue weighted by Crippen LogP contribution is -2.33. The summed E-state index contributed by atoms with van der Waals surface area (Å²) in [5, 5.41) is 0. The Bertz CT molecular complexity index is 1150. The van der Waals surface area contributed by atoms with Crippen LogP contribution in [0.25, 0.3) is 0 Å². The van der Waals surface area contributed by atoms with Gasteiger partial charge in [0.15, 0.2) is 5.60 Å². The molecule has 0 aromatic heterocycles. The summed E-state index contributed by atoms with van der Waals surface area (Å²) in [6.45, 7) is 2.21. The molecule has 0 saturated heterocycles. The number of unbranched alkanes of at least 4 members (excludes halogenated alkanes) is 3. The molecular weight excluding hydrogens is 388 g/mol. The van der Waals surface area contributed by atoms with E-state index in [9.17, 15) is 4.79 Å².